The van der Waals surface area contributed by atoms with E-state index >= 15 is 0 Å². The molecule has 5 heteroatoms. The molecule has 2 bridgehead atoms. The van der Waals surface area contributed by atoms with Gasteiger partial charge in [-0.2, -0.15) is 0 Å². The number of quaternary nitrogens is 2. The summed E-state index contributed by atoms with van der Waals surface area (Å²) in [4.78, 5) is 31.3. The molecular formula is C24H43N3O2+2. The lowest BCUT2D eigenvalue weighted by Crippen LogP contribution is -3.29. The smallest absolute Gasteiger partial charge is 0.235 e. The molecule has 0 radical (unpaired) electrons. The fourth-order valence-corrected chi connectivity index (χ4v) is 6.85. The van der Waals surface area contributed by atoms with Gasteiger partial charge in [0.1, 0.15) is 26.2 Å². The molecule has 2 saturated carbocycles. The van der Waals surface area contributed by atoms with Crippen molar-refractivity contribution in [2.45, 2.75) is 84.6 Å². The summed E-state index contributed by atoms with van der Waals surface area (Å²) in [6.07, 6.45) is 11.0. The van der Waals surface area contributed by atoms with Gasteiger partial charge in [-0.25, -0.2) is 0 Å². The van der Waals surface area contributed by atoms with Gasteiger partial charge in [0, 0.05) is 12.5 Å². The van der Waals surface area contributed by atoms with Crippen LogP contribution in [0.4, 0.5) is 0 Å². The number of likely N-dealkylation sites (tertiary alicyclic amines) is 1. The quantitative estimate of drug-likeness (QED) is 0.505. The van der Waals surface area contributed by atoms with E-state index in [9.17, 15) is 9.59 Å². The minimum Gasteiger partial charge on any atom is -0.326 e. The van der Waals surface area contributed by atoms with E-state index in [2.05, 4.69) is 20.8 Å². The Labute approximate surface area is 177 Å². The van der Waals surface area contributed by atoms with Crippen molar-refractivity contribution in [2.75, 3.05) is 39.3 Å². The SMILES string of the molecule is CC1(C)[C@@H]2CC[C@]1(C)C(=O)N(CCCC[NH+]1CC[NH+](C3CCCCC3)CC1)C2=O. The normalized spacial score (nSPS) is 37.9. The van der Waals surface area contributed by atoms with Crippen molar-refractivity contribution in [3.8, 4) is 0 Å². The molecular weight excluding hydrogens is 362 g/mol. The summed E-state index contributed by atoms with van der Waals surface area (Å²) in [5, 5.41) is 0. The van der Waals surface area contributed by atoms with E-state index in [1.807, 2.05) is 4.90 Å². The highest BCUT2D eigenvalue weighted by Gasteiger charge is 2.64. The summed E-state index contributed by atoms with van der Waals surface area (Å²) in [6.45, 7) is 13.4. The van der Waals surface area contributed by atoms with E-state index in [0.29, 0.717) is 6.54 Å². The highest BCUT2D eigenvalue weighted by atomic mass is 16.2. The number of carbonyl (C=O) groups excluding carboxylic acids is 2. The third-order valence-electron chi connectivity index (χ3n) is 9.45. The molecule has 29 heavy (non-hydrogen) atoms. The topological polar surface area (TPSA) is 46.3 Å². The maximum atomic E-state index is 13.1. The Balaban J connectivity index is 1.20. The summed E-state index contributed by atoms with van der Waals surface area (Å²) in [5.41, 5.74) is -0.544. The van der Waals surface area contributed by atoms with E-state index in [-0.39, 0.29) is 28.6 Å². The first-order chi connectivity index (χ1) is 13.8. The number of hydrogen-bond acceptors (Lipinski definition) is 2. The molecule has 0 spiro atoms. The highest BCUT2D eigenvalue weighted by molar-refractivity contribution is 6.03. The Bertz CT molecular complexity index is 620. The van der Waals surface area contributed by atoms with Crippen molar-refractivity contribution in [1.29, 1.82) is 0 Å². The van der Waals surface area contributed by atoms with Gasteiger partial charge in [-0.3, -0.25) is 14.5 Å². The van der Waals surface area contributed by atoms with Crippen LogP contribution in [-0.2, 0) is 9.59 Å². The standard InChI is InChI=1S/C24H41N3O2/c1-23(2)20-11-12-24(23,3)22(29)27(21(20)28)14-8-7-13-25-15-17-26(18-16-25)19-9-5-4-6-10-19/h19-20H,4-18H2,1-3H3/p+2/t20-,24-/m1/s1. The Morgan fingerprint density at radius 3 is 2.31 bits per heavy atom. The summed E-state index contributed by atoms with van der Waals surface area (Å²) < 4.78 is 0. The van der Waals surface area contributed by atoms with Gasteiger partial charge in [0.2, 0.25) is 11.8 Å². The van der Waals surface area contributed by atoms with Gasteiger partial charge < -0.3 is 9.80 Å². The van der Waals surface area contributed by atoms with E-state index in [4.69, 9.17) is 0 Å². The highest BCUT2D eigenvalue weighted by Crippen LogP contribution is 2.60. The van der Waals surface area contributed by atoms with E-state index < -0.39 is 0 Å². The van der Waals surface area contributed by atoms with Crippen LogP contribution in [0.25, 0.3) is 0 Å². The fraction of sp³-hybridized carbons (Fsp3) is 0.917. The summed E-state index contributed by atoms with van der Waals surface area (Å²) in [6, 6.07) is 0.933. The van der Waals surface area contributed by atoms with Crippen molar-refractivity contribution in [3.05, 3.63) is 0 Å². The largest absolute Gasteiger partial charge is 0.326 e. The van der Waals surface area contributed by atoms with Crippen molar-refractivity contribution in [1.82, 2.24) is 4.90 Å². The van der Waals surface area contributed by atoms with Crippen LogP contribution in [0.1, 0.15) is 78.6 Å². The second-order valence-corrected chi connectivity index (χ2v) is 11.1. The molecule has 164 valence electrons. The lowest BCUT2D eigenvalue weighted by atomic mass is 9.62. The zero-order valence-electron chi connectivity index (χ0n) is 19.0. The number of hydrogen-bond donors (Lipinski definition) is 2. The monoisotopic (exact) mass is 405 g/mol. The van der Waals surface area contributed by atoms with Crippen LogP contribution in [0.15, 0.2) is 0 Å². The lowest BCUT2D eigenvalue weighted by Gasteiger charge is -2.47. The van der Waals surface area contributed by atoms with Gasteiger partial charge >= 0.3 is 0 Å². The van der Waals surface area contributed by atoms with Gasteiger partial charge in [0.05, 0.1) is 18.0 Å². The predicted octanol–water partition coefficient (Wildman–Crippen LogP) is 0.694. The molecule has 4 fully saturated rings. The van der Waals surface area contributed by atoms with Crippen LogP contribution >= 0.6 is 0 Å². The number of imide groups is 1. The molecule has 0 aromatic heterocycles. The Morgan fingerprint density at radius 2 is 1.62 bits per heavy atom. The number of rotatable bonds is 6. The number of nitrogens with one attached hydrogen (secondary N) is 2. The number of nitrogens with zero attached hydrogens (tertiary/aromatic N) is 1. The van der Waals surface area contributed by atoms with Gasteiger partial charge in [-0.05, 0) is 56.8 Å². The average molecular weight is 406 g/mol. The first kappa shape index (κ1) is 21.3. The maximum Gasteiger partial charge on any atom is 0.235 e. The Kier molecular flexibility index (Phi) is 6.09. The predicted molar refractivity (Wildman–Crippen MR) is 114 cm³/mol. The number of piperazine rings is 1. The molecule has 4 aliphatic rings. The van der Waals surface area contributed by atoms with Gasteiger partial charge in [0.25, 0.3) is 0 Å². The second-order valence-electron chi connectivity index (χ2n) is 11.1. The molecule has 2 atom stereocenters. The molecule has 0 aromatic rings. The fourth-order valence-electron chi connectivity index (χ4n) is 6.85. The first-order valence-corrected chi connectivity index (χ1v) is 12.4. The number of piperidine rings is 1. The van der Waals surface area contributed by atoms with Crippen molar-refractivity contribution >= 4 is 11.8 Å². The Hall–Kier alpha value is -0.940. The molecule has 4 rings (SSSR count). The zero-order chi connectivity index (χ0) is 20.6. The molecule has 0 unspecified atom stereocenters. The van der Waals surface area contributed by atoms with Gasteiger partial charge in [-0.1, -0.05) is 27.2 Å². The van der Waals surface area contributed by atoms with E-state index in [1.165, 1.54) is 64.8 Å². The van der Waals surface area contributed by atoms with Gasteiger partial charge in [-0.15, -0.1) is 0 Å². The minimum atomic E-state index is -0.352. The van der Waals surface area contributed by atoms with Crippen molar-refractivity contribution in [3.63, 3.8) is 0 Å². The maximum absolute atomic E-state index is 13.1. The van der Waals surface area contributed by atoms with E-state index in [1.54, 1.807) is 9.80 Å². The summed E-state index contributed by atoms with van der Waals surface area (Å²) in [7, 11) is 0. The minimum absolute atomic E-state index is 0.0339. The van der Waals surface area contributed by atoms with Crippen molar-refractivity contribution in [2.24, 2.45) is 16.7 Å². The van der Waals surface area contributed by atoms with Crippen LogP contribution in [0, 0.1) is 16.7 Å². The van der Waals surface area contributed by atoms with E-state index in [0.717, 1.165) is 31.7 Å². The zero-order valence-corrected chi connectivity index (χ0v) is 19.0. The lowest BCUT2D eigenvalue weighted by molar-refractivity contribution is -1.02. The molecule has 2 N–H and O–H groups in total. The van der Waals surface area contributed by atoms with Crippen LogP contribution in [-0.4, -0.2) is 62.0 Å². The number of fused-ring (bicyclic) bond motifs is 2. The molecule has 2 aliphatic carbocycles. The first-order valence-electron chi connectivity index (χ1n) is 12.4. The van der Waals surface area contributed by atoms with Gasteiger partial charge in [0.15, 0.2) is 0 Å². The number of carbonyl (C=O) groups is 2. The second kappa shape index (κ2) is 8.30. The molecule has 2 amide bonds. The number of unbranched alkanes of at least 4 members (excludes halogenated alkanes) is 1. The molecule has 2 aliphatic heterocycles. The summed E-state index contributed by atoms with van der Waals surface area (Å²) >= 11 is 0. The molecule has 2 saturated heterocycles. The molecule has 0 aromatic carbocycles. The van der Waals surface area contributed by atoms with Crippen LogP contribution < -0.4 is 9.80 Å². The van der Waals surface area contributed by atoms with Crippen molar-refractivity contribution < 1.29 is 19.4 Å². The van der Waals surface area contributed by atoms with Crippen LogP contribution in [0.3, 0.4) is 0 Å². The third-order valence-corrected chi connectivity index (χ3v) is 9.45. The molecule has 5 nitrogen and oxygen atoms in total. The van der Waals surface area contributed by atoms with Crippen LogP contribution in [0.5, 0.6) is 0 Å². The summed E-state index contributed by atoms with van der Waals surface area (Å²) in [5.74, 6) is 0.233. The third kappa shape index (κ3) is 3.78. The van der Waals surface area contributed by atoms with Crippen LogP contribution in [0.2, 0.25) is 0 Å². The average Bonchev–Trinajstić information content (AvgIpc) is 2.92. The number of amides is 2. The Morgan fingerprint density at radius 1 is 0.931 bits per heavy atom. The molecule has 2 heterocycles.